The van der Waals surface area contributed by atoms with Crippen LogP contribution in [0.5, 0.6) is 0 Å². The summed E-state index contributed by atoms with van der Waals surface area (Å²) in [6, 6.07) is 10.6. The highest BCUT2D eigenvalue weighted by Gasteiger charge is 2.09. The van der Waals surface area contributed by atoms with Crippen molar-refractivity contribution in [3.8, 4) is 0 Å². The predicted octanol–water partition coefficient (Wildman–Crippen LogP) is 1.68. The number of carbonyl (C=O) groups excluding carboxylic acids is 2. The van der Waals surface area contributed by atoms with Crippen LogP contribution in [0.1, 0.15) is 28.1 Å². The summed E-state index contributed by atoms with van der Waals surface area (Å²) in [5.74, 6) is 0.222. The van der Waals surface area contributed by atoms with Gasteiger partial charge in [-0.25, -0.2) is 0 Å². The van der Waals surface area contributed by atoms with Gasteiger partial charge in [-0.3, -0.25) is 9.59 Å². The van der Waals surface area contributed by atoms with Gasteiger partial charge >= 0.3 is 0 Å². The van der Waals surface area contributed by atoms with Gasteiger partial charge in [0.1, 0.15) is 5.76 Å². The first kappa shape index (κ1) is 14.8. The second-order valence-corrected chi connectivity index (χ2v) is 4.54. The Morgan fingerprint density at radius 2 is 2.00 bits per heavy atom. The molecule has 0 bridgehead atoms. The van der Waals surface area contributed by atoms with E-state index in [-0.39, 0.29) is 12.3 Å². The maximum atomic E-state index is 11.7. The van der Waals surface area contributed by atoms with Gasteiger partial charge in [0, 0.05) is 31.4 Å². The van der Waals surface area contributed by atoms with Gasteiger partial charge in [-0.05, 0) is 23.8 Å². The second-order valence-electron chi connectivity index (χ2n) is 4.54. The molecule has 1 radical (unpaired) electrons. The Morgan fingerprint density at radius 3 is 2.71 bits per heavy atom. The highest BCUT2D eigenvalue weighted by atomic mass is 16.3. The fourth-order valence-corrected chi connectivity index (χ4v) is 1.95. The maximum absolute atomic E-state index is 11.7. The average Bonchev–Trinajstić information content (AvgIpc) is 2.98. The molecule has 2 rings (SSSR count). The molecule has 0 saturated heterocycles. The van der Waals surface area contributed by atoms with Gasteiger partial charge in [0.15, 0.2) is 0 Å². The number of furan rings is 1. The summed E-state index contributed by atoms with van der Waals surface area (Å²) < 4.78 is 5.18. The zero-order valence-electron chi connectivity index (χ0n) is 11.5. The van der Waals surface area contributed by atoms with Crippen molar-refractivity contribution in [2.75, 3.05) is 6.54 Å². The van der Waals surface area contributed by atoms with Crippen LogP contribution in [0.3, 0.4) is 0 Å². The van der Waals surface area contributed by atoms with E-state index in [9.17, 15) is 9.59 Å². The number of carbonyl (C=O) groups is 2. The molecule has 2 aromatic rings. The van der Waals surface area contributed by atoms with Crippen LogP contribution in [0.25, 0.3) is 0 Å². The summed E-state index contributed by atoms with van der Waals surface area (Å²) in [6.45, 7) is 0.512. The molecular weight excluding hydrogens is 268 g/mol. The van der Waals surface area contributed by atoms with Gasteiger partial charge in [-0.1, -0.05) is 18.2 Å². The van der Waals surface area contributed by atoms with Gasteiger partial charge < -0.3 is 15.5 Å². The molecule has 5 nitrogen and oxygen atoms in total. The molecule has 109 valence electrons. The van der Waals surface area contributed by atoms with Crippen molar-refractivity contribution in [3.63, 3.8) is 0 Å². The van der Waals surface area contributed by atoms with Crippen molar-refractivity contribution in [2.45, 2.75) is 12.8 Å². The summed E-state index contributed by atoms with van der Waals surface area (Å²) in [6.07, 6.45) is 4.15. The van der Waals surface area contributed by atoms with Crippen molar-refractivity contribution in [1.29, 1.82) is 0 Å². The Morgan fingerprint density at radius 1 is 1.19 bits per heavy atom. The normalized spacial score (nSPS) is 10.3. The largest absolute Gasteiger partial charge is 0.469 e. The molecule has 1 aromatic heterocycles. The number of amides is 2. The lowest BCUT2D eigenvalue weighted by Crippen LogP contribution is -2.25. The first-order valence-corrected chi connectivity index (χ1v) is 6.68. The third-order valence-electron chi connectivity index (χ3n) is 3.01. The SMILES string of the molecule is NC(=O)c1ccccc1[CH]CC(=O)NCCc1ccco1. The number of hydrogen-bond acceptors (Lipinski definition) is 3. The Kier molecular flexibility index (Phi) is 5.15. The smallest absolute Gasteiger partial charge is 0.248 e. The highest BCUT2D eigenvalue weighted by molar-refractivity contribution is 5.95. The van der Waals surface area contributed by atoms with E-state index in [1.54, 1.807) is 36.9 Å². The average molecular weight is 285 g/mol. The van der Waals surface area contributed by atoms with Crippen LogP contribution < -0.4 is 11.1 Å². The molecule has 3 N–H and O–H groups in total. The fourth-order valence-electron chi connectivity index (χ4n) is 1.95. The van der Waals surface area contributed by atoms with E-state index < -0.39 is 5.91 Å². The number of primary amides is 1. The van der Waals surface area contributed by atoms with Crippen molar-refractivity contribution in [3.05, 3.63) is 66.0 Å². The Labute approximate surface area is 123 Å². The number of nitrogens with two attached hydrogens (primary N) is 1. The lowest BCUT2D eigenvalue weighted by atomic mass is 10.0. The number of benzene rings is 1. The minimum Gasteiger partial charge on any atom is -0.469 e. The van der Waals surface area contributed by atoms with Crippen LogP contribution >= 0.6 is 0 Å². The minimum absolute atomic E-state index is 0.110. The number of hydrogen-bond donors (Lipinski definition) is 2. The molecule has 2 amide bonds. The quantitative estimate of drug-likeness (QED) is 0.811. The molecule has 0 aliphatic heterocycles. The van der Waals surface area contributed by atoms with Crippen LogP contribution in [0.2, 0.25) is 0 Å². The third kappa shape index (κ3) is 4.49. The van der Waals surface area contributed by atoms with E-state index in [1.807, 2.05) is 12.1 Å². The highest BCUT2D eigenvalue weighted by Crippen LogP contribution is 2.12. The van der Waals surface area contributed by atoms with E-state index >= 15 is 0 Å². The zero-order chi connectivity index (χ0) is 15.1. The first-order valence-electron chi connectivity index (χ1n) is 6.68. The van der Waals surface area contributed by atoms with E-state index in [1.165, 1.54) is 0 Å². The van der Waals surface area contributed by atoms with Crippen LogP contribution in [0, 0.1) is 6.42 Å². The number of rotatable bonds is 7. The molecule has 1 aromatic carbocycles. The van der Waals surface area contributed by atoms with Crippen LogP contribution in [0.15, 0.2) is 47.1 Å². The predicted molar refractivity (Wildman–Crippen MR) is 78.4 cm³/mol. The van der Waals surface area contributed by atoms with Crippen LogP contribution in [0.4, 0.5) is 0 Å². The van der Waals surface area contributed by atoms with E-state index in [0.29, 0.717) is 24.1 Å². The lowest BCUT2D eigenvalue weighted by Gasteiger charge is -2.07. The molecule has 0 atom stereocenters. The monoisotopic (exact) mass is 285 g/mol. The molecule has 1 heterocycles. The van der Waals surface area contributed by atoms with Crippen molar-refractivity contribution >= 4 is 11.8 Å². The molecule has 0 unspecified atom stereocenters. The summed E-state index contributed by atoms with van der Waals surface area (Å²) >= 11 is 0. The minimum atomic E-state index is -0.500. The van der Waals surface area contributed by atoms with Crippen molar-refractivity contribution in [2.24, 2.45) is 5.73 Å². The number of nitrogens with one attached hydrogen (secondary N) is 1. The molecule has 5 heteroatoms. The van der Waals surface area contributed by atoms with Crippen molar-refractivity contribution < 1.29 is 14.0 Å². The summed E-state index contributed by atoms with van der Waals surface area (Å²) in [5, 5.41) is 2.79. The second kappa shape index (κ2) is 7.28. The fraction of sp³-hybridized carbons (Fsp3) is 0.188. The topological polar surface area (TPSA) is 85.3 Å². The molecule has 0 aliphatic carbocycles. The summed E-state index contributed by atoms with van der Waals surface area (Å²) in [7, 11) is 0. The van der Waals surface area contributed by atoms with Gasteiger partial charge in [0.05, 0.1) is 6.26 Å². The Hall–Kier alpha value is -2.56. The lowest BCUT2D eigenvalue weighted by molar-refractivity contribution is -0.120. The molecule has 0 saturated carbocycles. The maximum Gasteiger partial charge on any atom is 0.248 e. The Bertz CT molecular complexity index is 606. The van der Waals surface area contributed by atoms with Gasteiger partial charge in [-0.15, -0.1) is 0 Å². The molecule has 21 heavy (non-hydrogen) atoms. The van der Waals surface area contributed by atoms with Gasteiger partial charge in [0.25, 0.3) is 0 Å². The van der Waals surface area contributed by atoms with Crippen LogP contribution in [-0.2, 0) is 11.2 Å². The Balaban J connectivity index is 1.77. The van der Waals surface area contributed by atoms with E-state index in [2.05, 4.69) is 5.32 Å². The molecule has 0 aliphatic rings. The van der Waals surface area contributed by atoms with Gasteiger partial charge in [0.2, 0.25) is 11.8 Å². The summed E-state index contributed by atoms with van der Waals surface area (Å²) in [5.41, 5.74) is 6.38. The zero-order valence-corrected chi connectivity index (χ0v) is 11.5. The van der Waals surface area contributed by atoms with E-state index in [4.69, 9.17) is 10.2 Å². The molecule has 0 spiro atoms. The standard InChI is InChI=1S/C16H17N2O3/c17-16(20)14-6-2-1-4-12(14)7-8-15(19)18-10-9-13-5-3-11-21-13/h1-7,11H,8-10H2,(H2,17,20)(H,18,19). The molecule has 0 fully saturated rings. The van der Waals surface area contributed by atoms with Crippen molar-refractivity contribution in [1.82, 2.24) is 5.32 Å². The third-order valence-corrected chi connectivity index (χ3v) is 3.01. The van der Waals surface area contributed by atoms with Gasteiger partial charge in [-0.2, -0.15) is 0 Å². The first-order chi connectivity index (χ1) is 10.2. The van der Waals surface area contributed by atoms with E-state index in [0.717, 1.165) is 5.76 Å². The summed E-state index contributed by atoms with van der Waals surface area (Å²) in [4.78, 5) is 23.0. The molecular formula is C16H17N2O3. The van der Waals surface area contributed by atoms with Crippen LogP contribution in [-0.4, -0.2) is 18.4 Å².